The topological polar surface area (TPSA) is 28.8 Å². The second kappa shape index (κ2) is 8.62. The van der Waals surface area contributed by atoms with Gasteiger partial charge in [-0.05, 0) is 19.2 Å². The van der Waals surface area contributed by atoms with Crippen LogP contribution in [0.15, 0.2) is 48.8 Å². The lowest BCUT2D eigenvalue weighted by molar-refractivity contribution is -0.703. The summed E-state index contributed by atoms with van der Waals surface area (Å²) >= 11 is 0. The molecule has 2 heterocycles. The third kappa shape index (κ3) is 4.97. The molecule has 0 radical (unpaired) electrons. The SMILES string of the molecule is CNCCc1cccc[n+]1CCc1ccccn1.Cl. The lowest BCUT2D eigenvalue weighted by Gasteiger charge is -2.03. The Hall–Kier alpha value is -1.45. The quantitative estimate of drug-likeness (QED) is 0.817. The number of aryl methyl sites for hydroxylation is 2. The molecule has 2 rings (SSSR count). The van der Waals surface area contributed by atoms with E-state index in [1.807, 2.05) is 25.4 Å². The molecule has 0 spiro atoms. The van der Waals surface area contributed by atoms with Crippen molar-refractivity contribution < 1.29 is 4.57 Å². The van der Waals surface area contributed by atoms with Crippen molar-refractivity contribution in [1.82, 2.24) is 10.3 Å². The summed E-state index contributed by atoms with van der Waals surface area (Å²) in [6.45, 7) is 1.99. The molecule has 1 N–H and O–H groups in total. The summed E-state index contributed by atoms with van der Waals surface area (Å²) in [7, 11) is 1.99. The molecule has 0 aromatic carbocycles. The summed E-state index contributed by atoms with van der Waals surface area (Å²) in [5, 5.41) is 3.19. The van der Waals surface area contributed by atoms with Gasteiger partial charge < -0.3 is 5.32 Å². The number of hydrogen-bond donors (Lipinski definition) is 1. The van der Waals surface area contributed by atoms with Gasteiger partial charge in [0, 0.05) is 43.4 Å². The molecule has 0 fully saturated rings. The van der Waals surface area contributed by atoms with Crippen molar-refractivity contribution in [1.29, 1.82) is 0 Å². The number of rotatable bonds is 6. The lowest BCUT2D eigenvalue weighted by Crippen LogP contribution is -2.40. The van der Waals surface area contributed by atoms with E-state index < -0.39 is 0 Å². The average Bonchev–Trinajstić information content (AvgIpc) is 2.45. The van der Waals surface area contributed by atoms with Gasteiger partial charge in [0.25, 0.3) is 0 Å². The Labute approximate surface area is 121 Å². The van der Waals surface area contributed by atoms with Crippen molar-refractivity contribution in [2.75, 3.05) is 13.6 Å². The van der Waals surface area contributed by atoms with Crippen molar-refractivity contribution in [3.63, 3.8) is 0 Å². The van der Waals surface area contributed by atoms with Crippen molar-refractivity contribution in [2.24, 2.45) is 0 Å². The summed E-state index contributed by atoms with van der Waals surface area (Å²) in [6.07, 6.45) is 6.03. The zero-order valence-corrected chi connectivity index (χ0v) is 12.1. The van der Waals surface area contributed by atoms with Crippen LogP contribution in [0.2, 0.25) is 0 Å². The van der Waals surface area contributed by atoms with Gasteiger partial charge in [-0.2, -0.15) is 0 Å². The minimum Gasteiger partial charge on any atom is -0.319 e. The van der Waals surface area contributed by atoms with Crippen LogP contribution in [0.1, 0.15) is 11.4 Å². The highest BCUT2D eigenvalue weighted by atomic mass is 35.5. The van der Waals surface area contributed by atoms with Crippen LogP contribution in [-0.2, 0) is 19.4 Å². The number of pyridine rings is 2. The van der Waals surface area contributed by atoms with Crippen LogP contribution in [-0.4, -0.2) is 18.6 Å². The normalized spacial score (nSPS) is 9.95. The average molecular weight is 279 g/mol. The van der Waals surface area contributed by atoms with E-state index in [-0.39, 0.29) is 12.4 Å². The lowest BCUT2D eigenvalue weighted by atomic mass is 10.2. The minimum absolute atomic E-state index is 0. The number of hydrogen-bond acceptors (Lipinski definition) is 2. The van der Waals surface area contributed by atoms with Gasteiger partial charge in [-0.1, -0.05) is 12.1 Å². The fraction of sp³-hybridized carbons (Fsp3) is 0.333. The molecule has 0 aliphatic rings. The summed E-state index contributed by atoms with van der Waals surface area (Å²) in [5.41, 5.74) is 2.51. The zero-order chi connectivity index (χ0) is 12.6. The molecule has 19 heavy (non-hydrogen) atoms. The van der Waals surface area contributed by atoms with E-state index in [0.29, 0.717) is 0 Å². The van der Waals surface area contributed by atoms with Crippen LogP contribution >= 0.6 is 12.4 Å². The van der Waals surface area contributed by atoms with E-state index >= 15 is 0 Å². The highest BCUT2D eigenvalue weighted by molar-refractivity contribution is 5.85. The Kier molecular flexibility index (Phi) is 7.08. The predicted octanol–water partition coefficient (Wildman–Crippen LogP) is 1.80. The molecule has 2 aromatic heterocycles. The second-order valence-corrected chi connectivity index (χ2v) is 4.31. The molecule has 0 aliphatic carbocycles. The van der Waals surface area contributed by atoms with Gasteiger partial charge in [0.15, 0.2) is 18.4 Å². The van der Waals surface area contributed by atoms with E-state index in [1.54, 1.807) is 0 Å². The third-order valence-electron chi connectivity index (χ3n) is 3.00. The molecule has 0 saturated carbocycles. The maximum absolute atomic E-state index is 4.36. The van der Waals surface area contributed by atoms with Gasteiger partial charge in [0.2, 0.25) is 0 Å². The highest BCUT2D eigenvalue weighted by Gasteiger charge is 2.09. The first-order valence-electron chi connectivity index (χ1n) is 6.42. The fourth-order valence-corrected chi connectivity index (χ4v) is 1.99. The van der Waals surface area contributed by atoms with Crippen LogP contribution in [0.5, 0.6) is 0 Å². The Bertz CT molecular complexity index is 474. The monoisotopic (exact) mass is 278 g/mol. The van der Waals surface area contributed by atoms with Crippen LogP contribution in [0.3, 0.4) is 0 Å². The Morgan fingerprint density at radius 3 is 2.68 bits per heavy atom. The predicted molar refractivity (Wildman–Crippen MR) is 79.5 cm³/mol. The maximum Gasteiger partial charge on any atom is 0.182 e. The van der Waals surface area contributed by atoms with E-state index in [1.165, 1.54) is 5.69 Å². The van der Waals surface area contributed by atoms with Gasteiger partial charge in [-0.3, -0.25) is 4.98 Å². The highest BCUT2D eigenvalue weighted by Crippen LogP contribution is 1.97. The van der Waals surface area contributed by atoms with Crippen LogP contribution in [0, 0.1) is 0 Å². The standard InChI is InChI=1S/C15H20N3.ClH/c1-16-11-8-15-7-3-5-12-18(15)13-9-14-6-2-4-10-17-14;/h2-7,10,12,16H,8-9,11,13H2,1H3;1H/q+1;. The zero-order valence-electron chi connectivity index (χ0n) is 11.2. The molecule has 0 aliphatic heterocycles. The van der Waals surface area contributed by atoms with Crippen LogP contribution in [0.25, 0.3) is 0 Å². The Morgan fingerprint density at radius 2 is 1.95 bits per heavy atom. The molecular weight excluding hydrogens is 258 g/mol. The van der Waals surface area contributed by atoms with Crippen LogP contribution < -0.4 is 9.88 Å². The summed E-state index contributed by atoms with van der Waals surface area (Å²) in [4.78, 5) is 4.36. The molecule has 0 atom stereocenters. The summed E-state index contributed by atoms with van der Waals surface area (Å²) in [6, 6.07) is 12.5. The van der Waals surface area contributed by atoms with Gasteiger partial charge in [-0.15, -0.1) is 12.4 Å². The van der Waals surface area contributed by atoms with E-state index in [2.05, 4.69) is 45.3 Å². The van der Waals surface area contributed by atoms with Crippen molar-refractivity contribution in [3.8, 4) is 0 Å². The minimum atomic E-state index is 0. The van der Waals surface area contributed by atoms with E-state index in [9.17, 15) is 0 Å². The molecule has 0 bridgehead atoms. The largest absolute Gasteiger partial charge is 0.319 e. The maximum atomic E-state index is 4.36. The fourth-order valence-electron chi connectivity index (χ4n) is 1.99. The van der Waals surface area contributed by atoms with Gasteiger partial charge in [0.1, 0.15) is 0 Å². The molecule has 0 unspecified atom stereocenters. The van der Waals surface area contributed by atoms with Gasteiger partial charge in [-0.25, -0.2) is 4.57 Å². The van der Waals surface area contributed by atoms with Gasteiger partial charge in [0.05, 0.1) is 0 Å². The first-order valence-corrected chi connectivity index (χ1v) is 6.42. The van der Waals surface area contributed by atoms with Crippen molar-refractivity contribution in [3.05, 3.63) is 60.2 Å². The number of nitrogens with one attached hydrogen (secondary N) is 1. The number of aromatic nitrogens is 2. The van der Waals surface area contributed by atoms with Crippen LogP contribution in [0.4, 0.5) is 0 Å². The molecule has 102 valence electrons. The van der Waals surface area contributed by atoms with Crippen molar-refractivity contribution >= 4 is 12.4 Å². The first-order chi connectivity index (χ1) is 8.90. The second-order valence-electron chi connectivity index (χ2n) is 4.31. The van der Waals surface area contributed by atoms with Crippen molar-refractivity contribution in [2.45, 2.75) is 19.4 Å². The smallest absolute Gasteiger partial charge is 0.182 e. The number of nitrogens with zero attached hydrogens (tertiary/aromatic N) is 2. The third-order valence-corrected chi connectivity index (χ3v) is 3.00. The van der Waals surface area contributed by atoms with E-state index in [4.69, 9.17) is 0 Å². The molecule has 0 saturated heterocycles. The Balaban J connectivity index is 0.00000180. The molecule has 3 nitrogen and oxygen atoms in total. The molecular formula is C15H21ClN3+. The molecule has 2 aromatic rings. The summed E-state index contributed by atoms with van der Waals surface area (Å²) in [5.74, 6) is 0. The number of likely N-dealkylation sites (N-methyl/N-ethyl adjacent to an activating group) is 1. The molecule has 4 heteroatoms. The van der Waals surface area contributed by atoms with Gasteiger partial charge >= 0.3 is 0 Å². The Morgan fingerprint density at radius 1 is 1.11 bits per heavy atom. The molecule has 0 amide bonds. The summed E-state index contributed by atoms with van der Waals surface area (Å²) < 4.78 is 2.31. The van der Waals surface area contributed by atoms with E-state index in [0.717, 1.165) is 31.6 Å². The first kappa shape index (κ1) is 15.6. The number of halogens is 1.